The first-order valence-corrected chi connectivity index (χ1v) is 5.52. The van der Waals surface area contributed by atoms with Gasteiger partial charge in [-0.2, -0.15) is 0 Å². The van der Waals surface area contributed by atoms with E-state index in [1.165, 1.54) is 11.1 Å². The first-order valence-electron chi connectivity index (χ1n) is 5.14. The Morgan fingerprint density at radius 2 is 1.62 bits per heavy atom. The molecule has 3 heteroatoms. The molecule has 0 unspecified atom stereocenters. The van der Waals surface area contributed by atoms with Crippen molar-refractivity contribution in [2.75, 3.05) is 0 Å². The third-order valence-electron chi connectivity index (χ3n) is 2.41. The first-order chi connectivity index (χ1) is 7.56. The minimum absolute atomic E-state index is 0.436. The highest BCUT2D eigenvalue weighted by molar-refractivity contribution is 6.29. The molecule has 0 radical (unpaired) electrons. The third-order valence-corrected chi connectivity index (χ3v) is 2.59. The van der Waals surface area contributed by atoms with Gasteiger partial charge < -0.3 is 0 Å². The number of halogens is 1. The SMILES string of the molecule is Cc1cc(C)cc(-c2ncc(Cl)nc2C)c1. The third kappa shape index (κ3) is 2.22. The van der Waals surface area contributed by atoms with Gasteiger partial charge in [0.2, 0.25) is 0 Å². The van der Waals surface area contributed by atoms with E-state index < -0.39 is 0 Å². The van der Waals surface area contributed by atoms with E-state index in [9.17, 15) is 0 Å². The van der Waals surface area contributed by atoms with E-state index in [-0.39, 0.29) is 0 Å². The van der Waals surface area contributed by atoms with Gasteiger partial charge in [0.15, 0.2) is 0 Å². The maximum atomic E-state index is 5.79. The van der Waals surface area contributed by atoms with Gasteiger partial charge in [0.25, 0.3) is 0 Å². The summed E-state index contributed by atoms with van der Waals surface area (Å²) in [5, 5.41) is 0.436. The normalized spacial score (nSPS) is 10.5. The van der Waals surface area contributed by atoms with E-state index in [2.05, 4.69) is 42.0 Å². The molecule has 0 saturated carbocycles. The molecule has 16 heavy (non-hydrogen) atoms. The van der Waals surface area contributed by atoms with E-state index >= 15 is 0 Å². The second kappa shape index (κ2) is 4.22. The Labute approximate surface area is 100 Å². The van der Waals surface area contributed by atoms with Crippen LogP contribution in [0.3, 0.4) is 0 Å². The average Bonchev–Trinajstić information content (AvgIpc) is 2.15. The van der Waals surface area contributed by atoms with Gasteiger partial charge in [-0.1, -0.05) is 28.8 Å². The molecule has 1 heterocycles. The zero-order chi connectivity index (χ0) is 11.7. The van der Waals surface area contributed by atoms with E-state index in [0.717, 1.165) is 17.0 Å². The molecule has 0 aliphatic heterocycles. The highest BCUT2D eigenvalue weighted by Crippen LogP contribution is 2.23. The number of nitrogens with zero attached hydrogens (tertiary/aromatic N) is 2. The Morgan fingerprint density at radius 3 is 2.19 bits per heavy atom. The average molecular weight is 233 g/mol. The molecular formula is C13H13ClN2. The summed E-state index contributed by atoms with van der Waals surface area (Å²) in [6, 6.07) is 6.36. The number of hydrogen-bond acceptors (Lipinski definition) is 2. The molecule has 0 aliphatic carbocycles. The number of aryl methyl sites for hydroxylation is 3. The molecule has 1 aromatic heterocycles. The highest BCUT2D eigenvalue weighted by atomic mass is 35.5. The van der Waals surface area contributed by atoms with Crippen LogP contribution in [-0.2, 0) is 0 Å². The summed E-state index contributed by atoms with van der Waals surface area (Å²) in [5.74, 6) is 0. The molecule has 1 aromatic carbocycles. The summed E-state index contributed by atoms with van der Waals surface area (Å²) in [4.78, 5) is 8.55. The maximum Gasteiger partial charge on any atom is 0.147 e. The second-order valence-corrected chi connectivity index (χ2v) is 4.39. The summed E-state index contributed by atoms with van der Waals surface area (Å²) < 4.78 is 0. The Bertz CT molecular complexity index is 515. The van der Waals surface area contributed by atoms with Crippen LogP contribution in [0.5, 0.6) is 0 Å². The first kappa shape index (κ1) is 11.1. The molecule has 0 amide bonds. The van der Waals surface area contributed by atoms with Crippen LogP contribution in [-0.4, -0.2) is 9.97 Å². The Balaban J connectivity index is 2.58. The second-order valence-electron chi connectivity index (χ2n) is 4.00. The van der Waals surface area contributed by atoms with Gasteiger partial charge in [-0.05, 0) is 32.9 Å². The van der Waals surface area contributed by atoms with Gasteiger partial charge in [0.05, 0.1) is 17.6 Å². The van der Waals surface area contributed by atoms with E-state index in [4.69, 9.17) is 11.6 Å². The van der Waals surface area contributed by atoms with Gasteiger partial charge >= 0.3 is 0 Å². The molecule has 82 valence electrons. The van der Waals surface area contributed by atoms with Crippen molar-refractivity contribution in [3.05, 3.63) is 46.4 Å². The van der Waals surface area contributed by atoms with Crippen molar-refractivity contribution < 1.29 is 0 Å². The zero-order valence-electron chi connectivity index (χ0n) is 9.58. The molecule has 0 bridgehead atoms. The molecule has 2 rings (SSSR count). The Morgan fingerprint density at radius 1 is 1.00 bits per heavy atom. The number of rotatable bonds is 1. The number of hydrogen-bond donors (Lipinski definition) is 0. The molecule has 0 N–H and O–H groups in total. The lowest BCUT2D eigenvalue weighted by atomic mass is 10.0. The fourth-order valence-corrected chi connectivity index (χ4v) is 2.02. The van der Waals surface area contributed by atoms with Crippen molar-refractivity contribution in [1.29, 1.82) is 0 Å². The minimum atomic E-state index is 0.436. The lowest BCUT2D eigenvalue weighted by Gasteiger charge is -2.06. The fraction of sp³-hybridized carbons (Fsp3) is 0.231. The molecule has 0 saturated heterocycles. The molecule has 2 nitrogen and oxygen atoms in total. The predicted molar refractivity (Wildman–Crippen MR) is 66.7 cm³/mol. The van der Waals surface area contributed by atoms with Crippen molar-refractivity contribution >= 4 is 11.6 Å². The van der Waals surface area contributed by atoms with Crippen LogP contribution in [0, 0.1) is 20.8 Å². The lowest BCUT2D eigenvalue weighted by molar-refractivity contribution is 1.12. The minimum Gasteiger partial charge on any atom is -0.251 e. The molecule has 0 spiro atoms. The van der Waals surface area contributed by atoms with Crippen LogP contribution in [0.4, 0.5) is 0 Å². The van der Waals surface area contributed by atoms with E-state index in [1.54, 1.807) is 6.20 Å². The summed E-state index contributed by atoms with van der Waals surface area (Å²) in [6.07, 6.45) is 1.58. The predicted octanol–water partition coefficient (Wildman–Crippen LogP) is 3.72. The van der Waals surface area contributed by atoms with Crippen molar-refractivity contribution in [3.63, 3.8) is 0 Å². The largest absolute Gasteiger partial charge is 0.251 e. The maximum absolute atomic E-state index is 5.79. The molecule has 0 fully saturated rings. The summed E-state index contributed by atoms with van der Waals surface area (Å²) in [7, 11) is 0. The summed E-state index contributed by atoms with van der Waals surface area (Å²) in [6.45, 7) is 6.08. The van der Waals surface area contributed by atoms with Crippen molar-refractivity contribution in [2.24, 2.45) is 0 Å². The monoisotopic (exact) mass is 232 g/mol. The van der Waals surface area contributed by atoms with Crippen LogP contribution >= 0.6 is 11.6 Å². The van der Waals surface area contributed by atoms with Gasteiger partial charge in [-0.3, -0.25) is 4.98 Å². The van der Waals surface area contributed by atoms with E-state index in [1.807, 2.05) is 6.92 Å². The van der Waals surface area contributed by atoms with Gasteiger partial charge in [-0.15, -0.1) is 0 Å². The quantitative estimate of drug-likeness (QED) is 0.749. The smallest absolute Gasteiger partial charge is 0.147 e. The number of aromatic nitrogens is 2. The Kier molecular flexibility index (Phi) is 2.92. The Hall–Kier alpha value is -1.41. The molecule has 0 atom stereocenters. The van der Waals surface area contributed by atoms with Gasteiger partial charge in [0, 0.05) is 5.56 Å². The lowest BCUT2D eigenvalue weighted by Crippen LogP contribution is -1.93. The van der Waals surface area contributed by atoms with Crippen LogP contribution in [0.1, 0.15) is 16.8 Å². The molecule has 0 aliphatic rings. The number of benzene rings is 1. The zero-order valence-corrected chi connectivity index (χ0v) is 10.3. The summed E-state index contributed by atoms with van der Waals surface area (Å²) in [5.41, 5.74) is 5.31. The van der Waals surface area contributed by atoms with Crippen LogP contribution in [0.2, 0.25) is 5.15 Å². The van der Waals surface area contributed by atoms with Crippen molar-refractivity contribution in [1.82, 2.24) is 9.97 Å². The van der Waals surface area contributed by atoms with Gasteiger partial charge in [-0.25, -0.2) is 4.98 Å². The summed E-state index contributed by atoms with van der Waals surface area (Å²) >= 11 is 5.79. The van der Waals surface area contributed by atoms with Crippen LogP contribution in [0.25, 0.3) is 11.3 Å². The van der Waals surface area contributed by atoms with Crippen LogP contribution in [0.15, 0.2) is 24.4 Å². The van der Waals surface area contributed by atoms with Crippen molar-refractivity contribution in [2.45, 2.75) is 20.8 Å². The van der Waals surface area contributed by atoms with Crippen LogP contribution < -0.4 is 0 Å². The fourth-order valence-electron chi connectivity index (χ4n) is 1.85. The van der Waals surface area contributed by atoms with E-state index in [0.29, 0.717) is 5.15 Å². The molecule has 2 aromatic rings. The standard InChI is InChI=1S/C13H13ClN2/c1-8-4-9(2)6-11(5-8)13-10(3)16-12(14)7-15-13/h4-7H,1-3H3. The molecular weight excluding hydrogens is 220 g/mol. The van der Waals surface area contributed by atoms with Crippen molar-refractivity contribution in [3.8, 4) is 11.3 Å². The topological polar surface area (TPSA) is 25.8 Å². The highest BCUT2D eigenvalue weighted by Gasteiger charge is 2.06. The van der Waals surface area contributed by atoms with Gasteiger partial charge in [0.1, 0.15) is 5.15 Å².